The van der Waals surface area contributed by atoms with Gasteiger partial charge in [0.25, 0.3) is 0 Å². The van der Waals surface area contributed by atoms with Crippen LogP contribution in [-0.2, 0) is 9.47 Å². The topological polar surface area (TPSA) is 71.0 Å². The molecule has 1 aliphatic rings. The maximum atomic E-state index is 9.93. The Kier molecular flexibility index (Phi) is 9.87. The average Bonchev–Trinajstić information content (AvgIpc) is 2.47. The van der Waals surface area contributed by atoms with E-state index in [2.05, 4.69) is 24.4 Å². The largest absolute Gasteiger partial charge is 0.396 e. The number of ether oxygens (including phenoxy) is 2. The average molecular weight is 301 g/mol. The molecule has 1 aliphatic carbocycles. The van der Waals surface area contributed by atoms with Crippen LogP contribution in [0.2, 0.25) is 0 Å². The highest BCUT2D eigenvalue weighted by Gasteiger charge is 2.19. The molecule has 0 heterocycles. The van der Waals surface area contributed by atoms with E-state index < -0.39 is 6.10 Å². The zero-order valence-electron chi connectivity index (χ0n) is 13.3. The van der Waals surface area contributed by atoms with E-state index in [4.69, 9.17) is 14.6 Å². The first kappa shape index (κ1) is 18.6. The van der Waals surface area contributed by atoms with Crippen LogP contribution in [0.3, 0.4) is 0 Å². The second-order valence-corrected chi connectivity index (χ2v) is 5.94. The van der Waals surface area contributed by atoms with Gasteiger partial charge in [-0.3, -0.25) is 0 Å². The Balaban J connectivity index is 2.12. The van der Waals surface area contributed by atoms with Gasteiger partial charge in [-0.2, -0.15) is 0 Å². The Labute approximate surface area is 128 Å². The number of aliphatic hydroxyl groups is 2. The molecule has 0 spiro atoms. The molecule has 0 saturated heterocycles. The molecule has 0 bridgehead atoms. The molecule has 124 valence electrons. The third-order valence-electron chi connectivity index (χ3n) is 4.05. The number of rotatable bonds is 11. The lowest BCUT2D eigenvalue weighted by atomic mass is 9.85. The van der Waals surface area contributed by atoms with Crippen LogP contribution in [0.25, 0.3) is 0 Å². The number of hydrogen-bond donors (Lipinski definition) is 3. The van der Waals surface area contributed by atoms with Crippen LogP contribution in [0.4, 0.5) is 0 Å². The number of aliphatic hydroxyl groups excluding tert-OH is 2. The summed E-state index contributed by atoms with van der Waals surface area (Å²) in [6.07, 6.45) is 6.73. The summed E-state index contributed by atoms with van der Waals surface area (Å²) >= 11 is 0. The van der Waals surface area contributed by atoms with Gasteiger partial charge in [0.05, 0.1) is 25.9 Å². The summed E-state index contributed by atoms with van der Waals surface area (Å²) < 4.78 is 10.7. The first-order chi connectivity index (χ1) is 10.2. The van der Waals surface area contributed by atoms with Crippen molar-refractivity contribution in [2.24, 2.45) is 11.8 Å². The molecule has 21 heavy (non-hydrogen) atoms. The molecule has 0 aromatic carbocycles. The van der Waals surface area contributed by atoms with Crippen LogP contribution in [-0.4, -0.2) is 62.4 Å². The van der Waals surface area contributed by atoms with Crippen molar-refractivity contribution in [3.05, 3.63) is 12.2 Å². The van der Waals surface area contributed by atoms with Gasteiger partial charge in [-0.1, -0.05) is 19.1 Å². The molecule has 0 fully saturated rings. The van der Waals surface area contributed by atoms with E-state index in [0.717, 1.165) is 12.8 Å². The first-order valence-corrected chi connectivity index (χ1v) is 7.91. The Bertz CT molecular complexity index is 279. The van der Waals surface area contributed by atoms with Gasteiger partial charge in [0.15, 0.2) is 0 Å². The Hall–Kier alpha value is -0.460. The van der Waals surface area contributed by atoms with Crippen LogP contribution in [0.1, 0.15) is 26.2 Å². The molecule has 0 saturated carbocycles. The van der Waals surface area contributed by atoms with Crippen LogP contribution >= 0.6 is 0 Å². The highest BCUT2D eigenvalue weighted by Crippen LogP contribution is 2.24. The van der Waals surface area contributed by atoms with E-state index >= 15 is 0 Å². The summed E-state index contributed by atoms with van der Waals surface area (Å²) in [5, 5.41) is 22.1. The molecule has 5 heteroatoms. The molecule has 1 rings (SSSR count). The minimum absolute atomic E-state index is 0.0677. The van der Waals surface area contributed by atoms with Gasteiger partial charge < -0.3 is 25.0 Å². The van der Waals surface area contributed by atoms with Gasteiger partial charge in [0, 0.05) is 26.3 Å². The third kappa shape index (κ3) is 7.93. The summed E-state index contributed by atoms with van der Waals surface area (Å²) in [5.74, 6) is 1.21. The number of allylic oxidation sites excluding steroid dienone is 2. The van der Waals surface area contributed by atoms with Gasteiger partial charge in [0.2, 0.25) is 0 Å². The van der Waals surface area contributed by atoms with E-state index in [1.807, 2.05) is 0 Å². The quantitative estimate of drug-likeness (QED) is 0.496. The maximum Gasteiger partial charge on any atom is 0.0897 e. The van der Waals surface area contributed by atoms with Crippen LogP contribution < -0.4 is 5.32 Å². The van der Waals surface area contributed by atoms with Gasteiger partial charge >= 0.3 is 0 Å². The molecule has 0 aromatic heterocycles. The third-order valence-corrected chi connectivity index (χ3v) is 4.05. The molecule has 0 amide bonds. The van der Waals surface area contributed by atoms with Gasteiger partial charge in [-0.15, -0.1) is 0 Å². The SMILES string of the molecule is COCC(CCO)NCC(O)COCC1CC=CCC1C. The standard InChI is InChI=1S/C16H31NO4/c1-13-5-3-4-6-14(13)10-21-12-16(19)9-17-15(7-8-18)11-20-2/h3-4,13-19H,5-12H2,1-2H3. The summed E-state index contributed by atoms with van der Waals surface area (Å²) in [5.41, 5.74) is 0. The van der Waals surface area contributed by atoms with E-state index in [-0.39, 0.29) is 12.6 Å². The van der Waals surface area contributed by atoms with Crippen molar-refractivity contribution in [2.45, 2.75) is 38.3 Å². The van der Waals surface area contributed by atoms with Crippen LogP contribution in [0, 0.1) is 11.8 Å². The lowest BCUT2D eigenvalue weighted by Crippen LogP contribution is -2.40. The van der Waals surface area contributed by atoms with Gasteiger partial charge in [-0.05, 0) is 31.1 Å². The molecule has 0 radical (unpaired) electrons. The van der Waals surface area contributed by atoms with Gasteiger partial charge in [-0.25, -0.2) is 0 Å². The van der Waals surface area contributed by atoms with Crippen molar-refractivity contribution < 1.29 is 19.7 Å². The minimum Gasteiger partial charge on any atom is -0.396 e. The Morgan fingerprint density at radius 3 is 2.71 bits per heavy atom. The van der Waals surface area contributed by atoms with Crippen molar-refractivity contribution >= 4 is 0 Å². The summed E-state index contributed by atoms with van der Waals surface area (Å²) in [6, 6.07) is 0.0677. The summed E-state index contributed by atoms with van der Waals surface area (Å²) in [7, 11) is 1.63. The molecular weight excluding hydrogens is 270 g/mol. The molecule has 0 aliphatic heterocycles. The van der Waals surface area contributed by atoms with E-state index in [1.165, 1.54) is 0 Å². The Morgan fingerprint density at radius 1 is 1.29 bits per heavy atom. The zero-order valence-corrected chi connectivity index (χ0v) is 13.3. The normalized spacial score (nSPS) is 25.0. The van der Waals surface area contributed by atoms with E-state index in [1.54, 1.807) is 7.11 Å². The molecule has 4 atom stereocenters. The molecule has 0 aromatic rings. The lowest BCUT2D eigenvalue weighted by Gasteiger charge is -2.25. The van der Waals surface area contributed by atoms with Crippen molar-refractivity contribution in [1.29, 1.82) is 0 Å². The van der Waals surface area contributed by atoms with Crippen molar-refractivity contribution in [3.8, 4) is 0 Å². The summed E-state index contributed by atoms with van der Waals surface area (Å²) in [6.45, 7) is 4.40. The van der Waals surface area contributed by atoms with Crippen molar-refractivity contribution in [2.75, 3.05) is 40.1 Å². The lowest BCUT2D eigenvalue weighted by molar-refractivity contribution is 0.0103. The first-order valence-electron chi connectivity index (χ1n) is 7.91. The van der Waals surface area contributed by atoms with Crippen molar-refractivity contribution in [3.63, 3.8) is 0 Å². The maximum absolute atomic E-state index is 9.93. The molecule has 5 nitrogen and oxygen atoms in total. The number of methoxy groups -OCH3 is 1. The molecule has 3 N–H and O–H groups in total. The smallest absolute Gasteiger partial charge is 0.0897 e. The molecule has 4 unspecified atom stereocenters. The van der Waals surface area contributed by atoms with Gasteiger partial charge in [0.1, 0.15) is 0 Å². The predicted octanol–water partition coefficient (Wildman–Crippen LogP) is 0.953. The monoisotopic (exact) mass is 301 g/mol. The highest BCUT2D eigenvalue weighted by atomic mass is 16.5. The highest BCUT2D eigenvalue weighted by molar-refractivity contribution is 4.93. The van der Waals surface area contributed by atoms with Crippen molar-refractivity contribution in [1.82, 2.24) is 5.32 Å². The predicted molar refractivity (Wildman–Crippen MR) is 83.2 cm³/mol. The fourth-order valence-electron chi connectivity index (χ4n) is 2.56. The Morgan fingerprint density at radius 2 is 2.05 bits per heavy atom. The number of hydrogen-bond acceptors (Lipinski definition) is 5. The summed E-state index contributed by atoms with van der Waals surface area (Å²) in [4.78, 5) is 0. The minimum atomic E-state index is -0.530. The number of nitrogens with one attached hydrogen (secondary N) is 1. The zero-order chi connectivity index (χ0) is 15.5. The van der Waals surface area contributed by atoms with E-state index in [9.17, 15) is 5.11 Å². The van der Waals surface area contributed by atoms with E-state index in [0.29, 0.717) is 44.6 Å². The fourth-order valence-corrected chi connectivity index (χ4v) is 2.56. The fraction of sp³-hybridized carbons (Fsp3) is 0.875. The second kappa shape index (κ2) is 11.2. The van der Waals surface area contributed by atoms with Crippen LogP contribution in [0.5, 0.6) is 0 Å². The second-order valence-electron chi connectivity index (χ2n) is 5.94. The van der Waals surface area contributed by atoms with Crippen LogP contribution in [0.15, 0.2) is 12.2 Å². The molecular formula is C16H31NO4.